The number of furan rings is 1. The highest BCUT2D eigenvalue weighted by molar-refractivity contribution is 6.09. The molecule has 0 aliphatic carbocycles. The molecule has 28 heavy (non-hydrogen) atoms. The molecule has 1 aromatic heterocycles. The van der Waals surface area contributed by atoms with Crippen LogP contribution < -0.4 is 5.32 Å². The topological polar surface area (TPSA) is 103 Å². The predicted octanol–water partition coefficient (Wildman–Crippen LogP) is 4.33. The predicted molar refractivity (Wildman–Crippen MR) is 99.7 cm³/mol. The van der Waals surface area contributed by atoms with Gasteiger partial charge in [0.15, 0.2) is 0 Å². The van der Waals surface area contributed by atoms with Crippen LogP contribution in [0.25, 0.3) is 17.4 Å². The van der Waals surface area contributed by atoms with Crippen molar-refractivity contribution in [3.63, 3.8) is 0 Å². The fourth-order valence-corrected chi connectivity index (χ4v) is 2.41. The summed E-state index contributed by atoms with van der Waals surface area (Å²) in [5.74, 6) is -1.52. The molecule has 0 radical (unpaired) electrons. The van der Waals surface area contributed by atoms with Crippen molar-refractivity contribution in [3.05, 3.63) is 83.4 Å². The molecular weight excluding hydrogens is 363 g/mol. The monoisotopic (exact) mass is 376 g/mol. The zero-order valence-electron chi connectivity index (χ0n) is 14.3. The van der Waals surface area contributed by atoms with E-state index in [-0.39, 0.29) is 16.9 Å². The molecule has 2 N–H and O–H groups in total. The molecule has 2 aromatic carbocycles. The van der Waals surface area contributed by atoms with Gasteiger partial charge in [-0.25, -0.2) is 9.18 Å². The Labute approximate surface area is 159 Å². The highest BCUT2D eigenvalue weighted by atomic mass is 19.1. The molecule has 0 aliphatic heterocycles. The van der Waals surface area contributed by atoms with E-state index in [1.165, 1.54) is 42.5 Å². The van der Waals surface area contributed by atoms with Gasteiger partial charge in [0.25, 0.3) is 5.91 Å². The van der Waals surface area contributed by atoms with Crippen molar-refractivity contribution >= 4 is 23.6 Å². The Morgan fingerprint density at radius 3 is 2.54 bits per heavy atom. The van der Waals surface area contributed by atoms with Crippen molar-refractivity contribution < 1.29 is 23.5 Å². The Hall–Kier alpha value is -4.18. The fourth-order valence-electron chi connectivity index (χ4n) is 2.41. The van der Waals surface area contributed by atoms with Gasteiger partial charge in [-0.1, -0.05) is 12.1 Å². The number of nitrogens with zero attached hydrogens (tertiary/aromatic N) is 1. The zero-order valence-corrected chi connectivity index (χ0v) is 14.3. The molecular formula is C21H13FN2O4. The smallest absolute Gasteiger partial charge is 0.335 e. The lowest BCUT2D eigenvalue weighted by molar-refractivity contribution is -0.112. The van der Waals surface area contributed by atoms with Crippen LogP contribution in [0.3, 0.4) is 0 Å². The zero-order chi connectivity index (χ0) is 20.1. The molecule has 0 spiro atoms. The van der Waals surface area contributed by atoms with Crippen LogP contribution in [0.15, 0.2) is 70.7 Å². The first kappa shape index (κ1) is 18.6. The van der Waals surface area contributed by atoms with Crippen LogP contribution in [0.2, 0.25) is 0 Å². The van der Waals surface area contributed by atoms with E-state index in [0.717, 1.165) is 0 Å². The summed E-state index contributed by atoms with van der Waals surface area (Å²) in [4.78, 5) is 23.3. The third-order valence-electron chi connectivity index (χ3n) is 3.77. The molecule has 3 rings (SSSR count). The second-order valence-corrected chi connectivity index (χ2v) is 5.72. The highest BCUT2D eigenvalue weighted by Gasteiger charge is 2.12. The fraction of sp³-hybridized carbons (Fsp3) is 0. The number of hydrogen-bond acceptors (Lipinski definition) is 4. The quantitative estimate of drug-likeness (QED) is 0.510. The molecule has 6 nitrogen and oxygen atoms in total. The van der Waals surface area contributed by atoms with Gasteiger partial charge in [0.1, 0.15) is 29.0 Å². The van der Waals surface area contributed by atoms with Crippen LogP contribution in [0, 0.1) is 17.1 Å². The average Bonchev–Trinajstić information content (AvgIpc) is 3.16. The molecule has 0 saturated carbocycles. The van der Waals surface area contributed by atoms with Crippen molar-refractivity contribution in [2.45, 2.75) is 0 Å². The number of nitriles is 1. The summed E-state index contributed by atoms with van der Waals surface area (Å²) < 4.78 is 18.5. The van der Waals surface area contributed by atoms with Gasteiger partial charge in [0.05, 0.1) is 5.56 Å². The maximum absolute atomic E-state index is 12.9. The molecule has 138 valence electrons. The molecule has 0 saturated heterocycles. The third kappa shape index (κ3) is 4.31. The van der Waals surface area contributed by atoms with Gasteiger partial charge >= 0.3 is 5.97 Å². The largest absolute Gasteiger partial charge is 0.478 e. The average molecular weight is 376 g/mol. The number of aromatic carboxylic acids is 1. The van der Waals surface area contributed by atoms with E-state index in [1.54, 1.807) is 30.3 Å². The van der Waals surface area contributed by atoms with E-state index in [9.17, 15) is 19.2 Å². The van der Waals surface area contributed by atoms with Crippen LogP contribution in [0.1, 0.15) is 16.1 Å². The maximum Gasteiger partial charge on any atom is 0.335 e. The van der Waals surface area contributed by atoms with Crippen molar-refractivity contribution in [2.75, 3.05) is 5.32 Å². The number of carbonyl (C=O) groups is 2. The molecule has 0 atom stereocenters. The number of rotatable bonds is 5. The van der Waals surface area contributed by atoms with E-state index in [0.29, 0.717) is 17.0 Å². The third-order valence-corrected chi connectivity index (χ3v) is 3.77. The summed E-state index contributed by atoms with van der Waals surface area (Å²) in [6.07, 6.45) is 1.27. The van der Waals surface area contributed by atoms with Gasteiger partial charge in [0, 0.05) is 17.3 Å². The van der Waals surface area contributed by atoms with E-state index in [1.807, 2.05) is 0 Å². The van der Waals surface area contributed by atoms with Gasteiger partial charge in [-0.05, 0) is 48.5 Å². The number of benzene rings is 2. The molecule has 7 heteroatoms. The molecule has 0 unspecified atom stereocenters. The first-order valence-corrected chi connectivity index (χ1v) is 8.08. The summed E-state index contributed by atoms with van der Waals surface area (Å²) in [6, 6.07) is 16.3. The Balaban J connectivity index is 1.81. The first-order valence-electron chi connectivity index (χ1n) is 8.08. The lowest BCUT2D eigenvalue weighted by atomic mass is 10.1. The van der Waals surface area contributed by atoms with Crippen molar-refractivity contribution in [3.8, 4) is 17.4 Å². The minimum atomic E-state index is -1.06. The molecule has 0 fully saturated rings. The Morgan fingerprint density at radius 1 is 1.11 bits per heavy atom. The minimum absolute atomic E-state index is 0.113. The van der Waals surface area contributed by atoms with Crippen molar-refractivity contribution in [2.24, 2.45) is 0 Å². The standard InChI is InChI=1S/C21H13FN2O4/c22-16-4-6-17(7-5-16)24-20(25)15(12-23)11-18-8-9-19(28-18)13-2-1-3-14(10-13)21(26)27/h1-11H,(H,24,25)(H,26,27). The number of anilines is 1. The molecule has 0 bridgehead atoms. The minimum Gasteiger partial charge on any atom is -0.478 e. The maximum atomic E-state index is 12.9. The second kappa shape index (κ2) is 8.01. The van der Waals surface area contributed by atoms with Gasteiger partial charge in [0.2, 0.25) is 0 Å². The Bertz CT molecular complexity index is 1110. The van der Waals surface area contributed by atoms with E-state index < -0.39 is 17.7 Å². The van der Waals surface area contributed by atoms with Crippen LogP contribution >= 0.6 is 0 Å². The van der Waals surface area contributed by atoms with Gasteiger partial charge in [-0.15, -0.1) is 0 Å². The summed E-state index contributed by atoms with van der Waals surface area (Å²) in [5.41, 5.74) is 0.805. The molecule has 0 aliphatic rings. The Kier molecular flexibility index (Phi) is 5.33. The van der Waals surface area contributed by atoms with E-state index in [4.69, 9.17) is 9.52 Å². The highest BCUT2D eigenvalue weighted by Crippen LogP contribution is 2.24. The van der Waals surface area contributed by atoms with Crippen LogP contribution in [-0.2, 0) is 4.79 Å². The number of carboxylic acids is 1. The number of amides is 1. The summed E-state index contributed by atoms with van der Waals surface area (Å²) in [6.45, 7) is 0. The number of carbonyl (C=O) groups excluding carboxylic acids is 1. The number of halogens is 1. The van der Waals surface area contributed by atoms with Gasteiger partial charge in [-0.2, -0.15) is 5.26 Å². The lowest BCUT2D eigenvalue weighted by Gasteiger charge is -2.03. The van der Waals surface area contributed by atoms with Crippen LogP contribution in [0.4, 0.5) is 10.1 Å². The second-order valence-electron chi connectivity index (χ2n) is 5.72. The summed E-state index contributed by atoms with van der Waals surface area (Å²) >= 11 is 0. The SMILES string of the molecule is N#CC(=Cc1ccc(-c2cccc(C(=O)O)c2)o1)C(=O)Nc1ccc(F)cc1. The van der Waals surface area contributed by atoms with E-state index in [2.05, 4.69) is 5.32 Å². The molecule has 1 heterocycles. The van der Waals surface area contributed by atoms with Gasteiger partial charge in [-0.3, -0.25) is 4.79 Å². The summed E-state index contributed by atoms with van der Waals surface area (Å²) in [7, 11) is 0. The lowest BCUT2D eigenvalue weighted by Crippen LogP contribution is -2.13. The van der Waals surface area contributed by atoms with E-state index >= 15 is 0 Å². The van der Waals surface area contributed by atoms with Crippen molar-refractivity contribution in [1.29, 1.82) is 5.26 Å². The van der Waals surface area contributed by atoms with Gasteiger partial charge < -0.3 is 14.8 Å². The van der Waals surface area contributed by atoms with Crippen LogP contribution in [-0.4, -0.2) is 17.0 Å². The van der Waals surface area contributed by atoms with Crippen LogP contribution in [0.5, 0.6) is 0 Å². The van der Waals surface area contributed by atoms with Crippen molar-refractivity contribution in [1.82, 2.24) is 0 Å². The Morgan fingerprint density at radius 2 is 1.86 bits per heavy atom. The number of carboxylic acid groups (broad SMARTS) is 1. The first-order chi connectivity index (χ1) is 13.5. The number of hydrogen-bond donors (Lipinski definition) is 2. The normalized spacial score (nSPS) is 10.9. The molecule has 1 amide bonds. The molecule has 3 aromatic rings. The summed E-state index contributed by atoms with van der Waals surface area (Å²) in [5, 5.41) is 20.8. The number of nitrogens with one attached hydrogen (secondary N) is 1.